The molecule has 144 valence electrons. The lowest BCUT2D eigenvalue weighted by atomic mass is 10.1. The average molecular weight is 388 g/mol. The van der Waals surface area contributed by atoms with Gasteiger partial charge in [-0.3, -0.25) is 14.5 Å². The Morgan fingerprint density at radius 2 is 1.67 bits per heavy atom. The van der Waals surface area contributed by atoms with Crippen molar-refractivity contribution in [3.63, 3.8) is 0 Å². The van der Waals surface area contributed by atoms with E-state index in [1.54, 1.807) is 31.0 Å². The largest absolute Gasteiger partial charge is 0.351 e. The normalized spacial score (nSPS) is 11.9. The summed E-state index contributed by atoms with van der Waals surface area (Å²) < 4.78 is 0. The number of anilines is 1. The predicted octanol–water partition coefficient (Wildman–Crippen LogP) is 3.53. The topological polar surface area (TPSA) is 61.4 Å². The molecule has 2 N–H and O–H groups in total. The zero-order chi connectivity index (χ0) is 20.0. The summed E-state index contributed by atoms with van der Waals surface area (Å²) in [5.41, 5.74) is 3.82. The van der Waals surface area contributed by atoms with Crippen LogP contribution in [0.15, 0.2) is 42.5 Å². The second-order valence-electron chi connectivity index (χ2n) is 6.75. The van der Waals surface area contributed by atoms with Crippen molar-refractivity contribution < 1.29 is 9.59 Å². The number of nitrogens with one attached hydrogen (secondary N) is 2. The Balaban J connectivity index is 1.86. The Bertz CT molecular complexity index is 785. The first-order valence-electron chi connectivity index (χ1n) is 8.86. The SMILES string of the molecule is Cc1cccc(C)c1NC(=O)CN(C)C(C)C(=O)NCc1ccc(Cl)cc1. The van der Waals surface area contributed by atoms with Crippen molar-refractivity contribution in [2.75, 3.05) is 18.9 Å². The molecule has 0 aliphatic rings. The Labute approximate surface area is 165 Å². The van der Waals surface area contributed by atoms with E-state index in [0.717, 1.165) is 22.4 Å². The number of carbonyl (C=O) groups is 2. The number of rotatable bonds is 7. The van der Waals surface area contributed by atoms with Crippen molar-refractivity contribution in [2.45, 2.75) is 33.4 Å². The molecule has 6 heteroatoms. The van der Waals surface area contributed by atoms with E-state index in [4.69, 9.17) is 11.6 Å². The second-order valence-corrected chi connectivity index (χ2v) is 7.19. The van der Waals surface area contributed by atoms with Crippen molar-refractivity contribution in [3.8, 4) is 0 Å². The molecule has 0 heterocycles. The highest BCUT2D eigenvalue weighted by Crippen LogP contribution is 2.19. The van der Waals surface area contributed by atoms with E-state index in [-0.39, 0.29) is 18.4 Å². The van der Waals surface area contributed by atoms with Crippen LogP contribution in [0.1, 0.15) is 23.6 Å². The quantitative estimate of drug-likeness (QED) is 0.764. The van der Waals surface area contributed by atoms with Gasteiger partial charge in [-0.2, -0.15) is 0 Å². The van der Waals surface area contributed by atoms with Crippen LogP contribution in [0.5, 0.6) is 0 Å². The molecule has 0 bridgehead atoms. The second kappa shape index (κ2) is 9.53. The molecule has 0 fully saturated rings. The van der Waals surface area contributed by atoms with Crippen molar-refractivity contribution in [1.82, 2.24) is 10.2 Å². The van der Waals surface area contributed by atoms with Crippen LogP contribution in [0.2, 0.25) is 5.02 Å². The Morgan fingerprint density at radius 3 is 2.26 bits per heavy atom. The van der Waals surface area contributed by atoms with E-state index in [1.165, 1.54) is 0 Å². The van der Waals surface area contributed by atoms with Crippen molar-refractivity contribution in [1.29, 1.82) is 0 Å². The molecule has 0 aliphatic carbocycles. The van der Waals surface area contributed by atoms with E-state index in [9.17, 15) is 9.59 Å². The summed E-state index contributed by atoms with van der Waals surface area (Å²) >= 11 is 5.86. The summed E-state index contributed by atoms with van der Waals surface area (Å²) in [6, 6.07) is 12.8. The highest BCUT2D eigenvalue weighted by molar-refractivity contribution is 6.30. The van der Waals surface area contributed by atoms with Gasteiger partial charge in [-0.1, -0.05) is 41.9 Å². The smallest absolute Gasteiger partial charge is 0.238 e. The van der Waals surface area contributed by atoms with Crippen molar-refractivity contribution in [2.24, 2.45) is 0 Å². The number of halogens is 1. The molecule has 0 saturated heterocycles. The van der Waals surface area contributed by atoms with Gasteiger partial charge in [-0.15, -0.1) is 0 Å². The van der Waals surface area contributed by atoms with Crippen LogP contribution in [0.25, 0.3) is 0 Å². The van der Waals surface area contributed by atoms with Crippen molar-refractivity contribution in [3.05, 3.63) is 64.2 Å². The van der Waals surface area contributed by atoms with Crippen LogP contribution in [0.4, 0.5) is 5.69 Å². The van der Waals surface area contributed by atoms with Gasteiger partial charge >= 0.3 is 0 Å². The Hall–Kier alpha value is -2.37. The fourth-order valence-corrected chi connectivity index (χ4v) is 2.82. The summed E-state index contributed by atoms with van der Waals surface area (Å²) in [6.07, 6.45) is 0. The summed E-state index contributed by atoms with van der Waals surface area (Å²) in [5, 5.41) is 6.49. The van der Waals surface area contributed by atoms with Gasteiger partial charge in [0.25, 0.3) is 0 Å². The van der Waals surface area contributed by atoms with Gasteiger partial charge in [0.2, 0.25) is 11.8 Å². The zero-order valence-electron chi connectivity index (χ0n) is 16.2. The number of hydrogen-bond acceptors (Lipinski definition) is 3. The molecule has 1 unspecified atom stereocenters. The number of carbonyl (C=O) groups excluding carboxylic acids is 2. The van der Waals surface area contributed by atoms with Gasteiger partial charge < -0.3 is 10.6 Å². The van der Waals surface area contributed by atoms with E-state index in [0.29, 0.717) is 11.6 Å². The molecule has 0 spiro atoms. The van der Waals surface area contributed by atoms with Crippen LogP contribution in [0.3, 0.4) is 0 Å². The lowest BCUT2D eigenvalue weighted by molar-refractivity contribution is -0.126. The number of hydrogen-bond donors (Lipinski definition) is 2. The molecule has 2 rings (SSSR count). The Morgan fingerprint density at radius 1 is 1.07 bits per heavy atom. The summed E-state index contributed by atoms with van der Waals surface area (Å²) in [7, 11) is 1.76. The molecule has 27 heavy (non-hydrogen) atoms. The molecule has 0 aromatic heterocycles. The van der Waals surface area contributed by atoms with Gasteiger partial charge in [-0.25, -0.2) is 0 Å². The number of aryl methyl sites for hydroxylation is 2. The molecule has 0 aliphatic heterocycles. The lowest BCUT2D eigenvalue weighted by Gasteiger charge is -2.23. The van der Waals surface area contributed by atoms with Crippen LogP contribution >= 0.6 is 11.6 Å². The number of para-hydroxylation sites is 1. The lowest BCUT2D eigenvalue weighted by Crippen LogP contribution is -2.45. The summed E-state index contributed by atoms with van der Waals surface area (Å²) in [5.74, 6) is -0.278. The highest BCUT2D eigenvalue weighted by Gasteiger charge is 2.20. The van der Waals surface area contributed by atoms with Crippen LogP contribution in [-0.4, -0.2) is 36.3 Å². The number of nitrogens with zero attached hydrogens (tertiary/aromatic N) is 1. The van der Waals surface area contributed by atoms with Gasteiger partial charge in [-0.05, 0) is 56.6 Å². The maximum absolute atomic E-state index is 12.4. The molecule has 2 aromatic carbocycles. The minimum atomic E-state index is -0.430. The standard InChI is InChI=1S/C21H26ClN3O2/c1-14-6-5-7-15(2)20(14)24-19(26)13-25(4)16(3)21(27)23-12-17-8-10-18(22)11-9-17/h5-11,16H,12-13H2,1-4H3,(H,23,27)(H,24,26). The third kappa shape index (κ3) is 6.08. The fourth-order valence-electron chi connectivity index (χ4n) is 2.69. The van der Waals surface area contributed by atoms with Gasteiger partial charge in [0.15, 0.2) is 0 Å². The molecule has 2 amide bonds. The van der Waals surface area contributed by atoms with E-state index < -0.39 is 6.04 Å². The maximum Gasteiger partial charge on any atom is 0.238 e. The molecular weight excluding hydrogens is 362 g/mol. The van der Waals surface area contributed by atoms with Gasteiger partial charge in [0, 0.05) is 17.3 Å². The number of benzene rings is 2. The third-order valence-electron chi connectivity index (χ3n) is 4.56. The van der Waals surface area contributed by atoms with E-state index in [2.05, 4.69) is 10.6 Å². The minimum Gasteiger partial charge on any atom is -0.351 e. The van der Waals surface area contributed by atoms with Crippen LogP contribution in [0, 0.1) is 13.8 Å². The third-order valence-corrected chi connectivity index (χ3v) is 4.81. The molecule has 1 atom stereocenters. The average Bonchev–Trinajstić information content (AvgIpc) is 2.63. The van der Waals surface area contributed by atoms with Crippen molar-refractivity contribution >= 4 is 29.1 Å². The molecule has 0 saturated carbocycles. The summed E-state index contributed by atoms with van der Waals surface area (Å²) in [4.78, 5) is 26.5. The van der Waals surface area contributed by atoms with Crippen LogP contribution < -0.4 is 10.6 Å². The molecular formula is C21H26ClN3O2. The number of amides is 2. The van der Waals surface area contributed by atoms with E-state index >= 15 is 0 Å². The highest BCUT2D eigenvalue weighted by atomic mass is 35.5. The Kier molecular flexibility index (Phi) is 7.39. The molecule has 2 aromatic rings. The van der Waals surface area contributed by atoms with Crippen LogP contribution in [-0.2, 0) is 16.1 Å². The van der Waals surface area contributed by atoms with E-state index in [1.807, 2.05) is 44.2 Å². The molecule has 5 nitrogen and oxygen atoms in total. The fraction of sp³-hybridized carbons (Fsp3) is 0.333. The first kappa shape index (κ1) is 20.9. The monoisotopic (exact) mass is 387 g/mol. The molecule has 0 radical (unpaired) electrons. The first-order chi connectivity index (χ1) is 12.8. The maximum atomic E-state index is 12.4. The summed E-state index contributed by atoms with van der Waals surface area (Å²) in [6.45, 7) is 6.24. The van der Waals surface area contributed by atoms with Gasteiger partial charge in [0.05, 0.1) is 12.6 Å². The first-order valence-corrected chi connectivity index (χ1v) is 9.24. The van der Waals surface area contributed by atoms with Gasteiger partial charge in [0.1, 0.15) is 0 Å². The number of likely N-dealkylation sites (N-methyl/N-ethyl adjacent to an activating group) is 1. The predicted molar refractivity (Wildman–Crippen MR) is 110 cm³/mol. The minimum absolute atomic E-state index is 0.128. The zero-order valence-corrected chi connectivity index (χ0v) is 16.9.